The van der Waals surface area contributed by atoms with Crippen LogP contribution in [0, 0.1) is 6.92 Å². The number of hydrogen-bond acceptors (Lipinski definition) is 3. The second-order valence-corrected chi connectivity index (χ2v) is 6.03. The van der Waals surface area contributed by atoms with Crippen LogP contribution in [0.1, 0.15) is 20.9 Å². The molecule has 3 rings (SSSR count). The van der Waals surface area contributed by atoms with Gasteiger partial charge in [0.15, 0.2) is 0 Å². The normalized spacial score (nSPS) is 10.4. The lowest BCUT2D eigenvalue weighted by atomic mass is 10.0. The third-order valence-electron chi connectivity index (χ3n) is 3.44. The minimum absolute atomic E-state index is 0.0612. The van der Waals surface area contributed by atoms with E-state index in [1.54, 1.807) is 17.5 Å². The first-order chi connectivity index (χ1) is 10.8. The highest BCUT2D eigenvalue weighted by molar-refractivity contribution is 7.10. The molecule has 2 heterocycles. The number of rotatable bonds is 4. The number of benzene rings is 1. The zero-order valence-electron chi connectivity index (χ0n) is 12.2. The van der Waals surface area contributed by atoms with Gasteiger partial charge < -0.3 is 5.32 Å². The number of nitrogens with one attached hydrogen (secondary N) is 1. The first kappa shape index (κ1) is 14.5. The van der Waals surface area contributed by atoms with Crippen LogP contribution in [0.25, 0.3) is 11.1 Å². The number of thiophene rings is 1. The standard InChI is InChI=1S/C18H16N2OS/c1-13-17(14-7-3-2-4-8-14)16(12-22-13)18(21)20-11-15-9-5-6-10-19-15/h2-10,12H,11H2,1H3,(H,20,21). The smallest absolute Gasteiger partial charge is 0.253 e. The van der Waals surface area contributed by atoms with Crippen LogP contribution >= 0.6 is 11.3 Å². The summed E-state index contributed by atoms with van der Waals surface area (Å²) < 4.78 is 0. The summed E-state index contributed by atoms with van der Waals surface area (Å²) in [5, 5.41) is 4.87. The Kier molecular flexibility index (Phi) is 4.30. The van der Waals surface area contributed by atoms with Crippen LogP contribution in [0.15, 0.2) is 60.1 Å². The largest absolute Gasteiger partial charge is 0.346 e. The maximum absolute atomic E-state index is 12.5. The van der Waals surface area contributed by atoms with Crippen molar-refractivity contribution in [3.8, 4) is 11.1 Å². The molecule has 0 unspecified atom stereocenters. The Hall–Kier alpha value is -2.46. The number of pyridine rings is 1. The fourth-order valence-electron chi connectivity index (χ4n) is 2.35. The van der Waals surface area contributed by atoms with Gasteiger partial charge in [-0.2, -0.15) is 0 Å². The van der Waals surface area contributed by atoms with E-state index in [4.69, 9.17) is 0 Å². The number of hydrogen-bond donors (Lipinski definition) is 1. The summed E-state index contributed by atoms with van der Waals surface area (Å²) in [4.78, 5) is 17.9. The van der Waals surface area contributed by atoms with Gasteiger partial charge in [0.05, 0.1) is 17.8 Å². The van der Waals surface area contributed by atoms with E-state index in [1.807, 2.05) is 60.8 Å². The number of carbonyl (C=O) groups is 1. The lowest BCUT2D eigenvalue weighted by Crippen LogP contribution is -2.23. The van der Waals surface area contributed by atoms with Gasteiger partial charge in [0.1, 0.15) is 0 Å². The van der Waals surface area contributed by atoms with Crippen molar-refractivity contribution in [2.75, 3.05) is 0 Å². The molecule has 0 spiro atoms. The Morgan fingerprint density at radius 3 is 2.64 bits per heavy atom. The summed E-state index contributed by atoms with van der Waals surface area (Å²) in [5.74, 6) is -0.0612. The van der Waals surface area contributed by atoms with Crippen LogP contribution in [-0.4, -0.2) is 10.9 Å². The fourth-order valence-corrected chi connectivity index (χ4v) is 3.22. The molecule has 3 aromatic rings. The Balaban J connectivity index is 1.82. The van der Waals surface area contributed by atoms with E-state index < -0.39 is 0 Å². The molecule has 4 heteroatoms. The molecule has 0 aliphatic heterocycles. The highest BCUT2D eigenvalue weighted by Crippen LogP contribution is 2.32. The molecule has 2 aromatic heterocycles. The summed E-state index contributed by atoms with van der Waals surface area (Å²) in [6.45, 7) is 2.48. The number of aryl methyl sites for hydroxylation is 1. The Morgan fingerprint density at radius 2 is 1.91 bits per heavy atom. The highest BCUT2D eigenvalue weighted by atomic mass is 32.1. The molecule has 1 N–H and O–H groups in total. The van der Waals surface area contributed by atoms with Crippen LogP contribution in [0.4, 0.5) is 0 Å². The van der Waals surface area contributed by atoms with E-state index in [0.717, 1.165) is 27.3 Å². The number of aromatic nitrogens is 1. The molecule has 0 saturated carbocycles. The van der Waals surface area contributed by atoms with Gasteiger partial charge in [0.2, 0.25) is 0 Å². The lowest BCUT2D eigenvalue weighted by molar-refractivity contribution is 0.0951. The summed E-state index contributed by atoms with van der Waals surface area (Å²) in [6, 6.07) is 15.7. The molecule has 0 fully saturated rings. The minimum atomic E-state index is -0.0612. The molecule has 22 heavy (non-hydrogen) atoms. The second-order valence-electron chi connectivity index (χ2n) is 4.95. The van der Waals surface area contributed by atoms with Gasteiger partial charge in [0, 0.05) is 22.0 Å². The molecular formula is C18H16N2OS. The van der Waals surface area contributed by atoms with Crippen molar-refractivity contribution >= 4 is 17.2 Å². The molecular weight excluding hydrogens is 292 g/mol. The summed E-state index contributed by atoms with van der Waals surface area (Å²) >= 11 is 1.60. The van der Waals surface area contributed by atoms with Gasteiger partial charge in [-0.25, -0.2) is 0 Å². The Labute approximate surface area is 133 Å². The van der Waals surface area contributed by atoms with Crippen molar-refractivity contribution in [1.29, 1.82) is 0 Å². The van der Waals surface area contributed by atoms with Crippen molar-refractivity contribution in [2.45, 2.75) is 13.5 Å². The molecule has 0 atom stereocenters. The predicted octanol–water partition coefficient (Wildman–Crippen LogP) is 4.05. The zero-order valence-corrected chi connectivity index (χ0v) is 13.1. The maximum atomic E-state index is 12.5. The number of amides is 1. The summed E-state index contributed by atoms with van der Waals surface area (Å²) in [5.41, 5.74) is 3.67. The molecule has 0 aliphatic carbocycles. The van der Waals surface area contributed by atoms with Gasteiger partial charge in [-0.3, -0.25) is 9.78 Å². The number of carbonyl (C=O) groups excluding carboxylic acids is 1. The molecule has 3 nitrogen and oxygen atoms in total. The zero-order chi connectivity index (χ0) is 15.4. The van der Waals surface area contributed by atoms with Crippen molar-refractivity contribution in [3.05, 3.63) is 76.2 Å². The van der Waals surface area contributed by atoms with Crippen LogP contribution in [-0.2, 0) is 6.54 Å². The average Bonchev–Trinajstić information content (AvgIpc) is 2.96. The molecule has 0 radical (unpaired) electrons. The van der Waals surface area contributed by atoms with Crippen LogP contribution in [0.5, 0.6) is 0 Å². The Bertz CT molecular complexity index is 766. The van der Waals surface area contributed by atoms with E-state index in [0.29, 0.717) is 6.54 Å². The predicted molar refractivity (Wildman–Crippen MR) is 89.9 cm³/mol. The van der Waals surface area contributed by atoms with Crippen molar-refractivity contribution < 1.29 is 4.79 Å². The highest BCUT2D eigenvalue weighted by Gasteiger charge is 2.16. The van der Waals surface area contributed by atoms with Crippen molar-refractivity contribution in [2.24, 2.45) is 0 Å². The minimum Gasteiger partial charge on any atom is -0.346 e. The van der Waals surface area contributed by atoms with Crippen molar-refractivity contribution in [3.63, 3.8) is 0 Å². The van der Waals surface area contributed by atoms with Gasteiger partial charge >= 0.3 is 0 Å². The third kappa shape index (κ3) is 3.07. The second kappa shape index (κ2) is 6.54. The van der Waals surface area contributed by atoms with Crippen LogP contribution in [0.2, 0.25) is 0 Å². The SMILES string of the molecule is Cc1scc(C(=O)NCc2ccccn2)c1-c1ccccc1. The van der Waals surface area contributed by atoms with Crippen LogP contribution in [0.3, 0.4) is 0 Å². The van der Waals surface area contributed by atoms with Gasteiger partial charge in [-0.1, -0.05) is 36.4 Å². The maximum Gasteiger partial charge on any atom is 0.253 e. The van der Waals surface area contributed by atoms with E-state index in [1.165, 1.54) is 0 Å². The van der Waals surface area contributed by atoms with E-state index in [2.05, 4.69) is 10.3 Å². The molecule has 1 aromatic carbocycles. The number of nitrogens with zero attached hydrogens (tertiary/aromatic N) is 1. The fraction of sp³-hybridized carbons (Fsp3) is 0.111. The van der Waals surface area contributed by atoms with Gasteiger partial charge in [-0.15, -0.1) is 11.3 Å². The third-order valence-corrected chi connectivity index (χ3v) is 4.35. The first-order valence-corrected chi connectivity index (χ1v) is 7.95. The first-order valence-electron chi connectivity index (χ1n) is 7.07. The lowest BCUT2D eigenvalue weighted by Gasteiger charge is -2.07. The monoisotopic (exact) mass is 308 g/mol. The van der Waals surface area contributed by atoms with E-state index in [-0.39, 0.29) is 5.91 Å². The summed E-state index contributed by atoms with van der Waals surface area (Å²) in [6.07, 6.45) is 1.73. The average molecular weight is 308 g/mol. The molecule has 0 aliphatic rings. The van der Waals surface area contributed by atoms with Gasteiger partial charge in [-0.05, 0) is 24.6 Å². The van der Waals surface area contributed by atoms with Crippen molar-refractivity contribution in [1.82, 2.24) is 10.3 Å². The Morgan fingerprint density at radius 1 is 1.14 bits per heavy atom. The molecule has 0 bridgehead atoms. The molecule has 1 amide bonds. The summed E-state index contributed by atoms with van der Waals surface area (Å²) in [7, 11) is 0. The quantitative estimate of drug-likeness (QED) is 0.790. The van der Waals surface area contributed by atoms with E-state index >= 15 is 0 Å². The molecule has 0 saturated heterocycles. The van der Waals surface area contributed by atoms with E-state index in [9.17, 15) is 4.79 Å². The van der Waals surface area contributed by atoms with Gasteiger partial charge in [0.25, 0.3) is 5.91 Å². The molecule has 110 valence electrons. The van der Waals surface area contributed by atoms with Crippen LogP contribution < -0.4 is 5.32 Å². The topological polar surface area (TPSA) is 42.0 Å².